The molecule has 8 heteroatoms. The molecule has 1 aromatic heterocycles. The number of nitrogens with zero attached hydrogens (tertiary/aromatic N) is 3. The van der Waals surface area contributed by atoms with Crippen LogP contribution in [0.25, 0.3) is 11.4 Å². The first-order valence-corrected chi connectivity index (χ1v) is 9.41. The molecule has 1 fully saturated rings. The number of nitrogens with one attached hydrogen (secondary N) is 1. The Kier molecular flexibility index (Phi) is 5.25. The highest BCUT2D eigenvalue weighted by Crippen LogP contribution is 2.31. The Morgan fingerprint density at radius 1 is 1.14 bits per heavy atom. The van der Waals surface area contributed by atoms with Gasteiger partial charge in [0.1, 0.15) is 11.9 Å². The Bertz CT molecular complexity index is 959. The molecule has 4 rings (SSSR count). The summed E-state index contributed by atoms with van der Waals surface area (Å²) in [6.07, 6.45) is 2.60. The Hall–Kier alpha value is -2.93. The first-order valence-electron chi connectivity index (χ1n) is 9.03. The predicted molar refractivity (Wildman–Crippen MR) is 103 cm³/mol. The van der Waals surface area contributed by atoms with Gasteiger partial charge in [-0.3, -0.25) is 0 Å². The molecule has 3 aromatic rings. The molecular formula is C20H18ClFN4O2. The second-order valence-electron chi connectivity index (χ2n) is 6.61. The molecule has 1 unspecified atom stereocenters. The number of hydrogen-bond acceptors (Lipinski definition) is 4. The lowest BCUT2D eigenvalue weighted by Gasteiger charge is -2.33. The van der Waals surface area contributed by atoms with E-state index in [1.54, 1.807) is 41.3 Å². The van der Waals surface area contributed by atoms with Gasteiger partial charge in [0.15, 0.2) is 0 Å². The summed E-state index contributed by atoms with van der Waals surface area (Å²) < 4.78 is 18.6. The van der Waals surface area contributed by atoms with Crippen molar-refractivity contribution >= 4 is 23.3 Å². The van der Waals surface area contributed by atoms with Gasteiger partial charge in [-0.2, -0.15) is 4.98 Å². The minimum Gasteiger partial charge on any atom is -0.337 e. The molecule has 1 atom stereocenters. The molecule has 144 valence electrons. The molecule has 1 aliphatic heterocycles. The maximum absolute atomic E-state index is 13.1. The van der Waals surface area contributed by atoms with E-state index in [2.05, 4.69) is 15.5 Å². The van der Waals surface area contributed by atoms with E-state index in [-0.39, 0.29) is 17.9 Å². The lowest BCUT2D eigenvalue weighted by atomic mass is 10.0. The number of rotatable bonds is 3. The highest BCUT2D eigenvalue weighted by atomic mass is 35.5. The van der Waals surface area contributed by atoms with Crippen molar-refractivity contribution < 1.29 is 13.7 Å². The Balaban J connectivity index is 1.53. The van der Waals surface area contributed by atoms with Crippen LogP contribution in [0.4, 0.5) is 14.9 Å². The number of hydrogen-bond donors (Lipinski definition) is 1. The summed E-state index contributed by atoms with van der Waals surface area (Å²) in [5.41, 5.74) is 1.32. The number of halogens is 2. The molecule has 0 bridgehead atoms. The molecule has 6 nitrogen and oxygen atoms in total. The lowest BCUT2D eigenvalue weighted by molar-refractivity contribution is 0.142. The van der Waals surface area contributed by atoms with Gasteiger partial charge in [-0.1, -0.05) is 16.8 Å². The number of likely N-dealkylation sites (tertiary alicyclic amines) is 1. The molecule has 28 heavy (non-hydrogen) atoms. The average Bonchev–Trinajstić information content (AvgIpc) is 3.20. The monoisotopic (exact) mass is 400 g/mol. The lowest BCUT2D eigenvalue weighted by Crippen LogP contribution is -2.41. The molecular weight excluding hydrogens is 383 g/mol. The van der Waals surface area contributed by atoms with Crippen LogP contribution in [-0.2, 0) is 0 Å². The topological polar surface area (TPSA) is 71.3 Å². The molecule has 2 heterocycles. The highest BCUT2D eigenvalue weighted by Gasteiger charge is 2.32. The molecule has 0 radical (unpaired) electrons. The fraction of sp³-hybridized carbons (Fsp3) is 0.250. The quantitative estimate of drug-likeness (QED) is 0.648. The highest BCUT2D eigenvalue weighted by molar-refractivity contribution is 6.30. The third kappa shape index (κ3) is 3.99. The maximum atomic E-state index is 13.1. The van der Waals surface area contributed by atoms with Crippen LogP contribution in [0.1, 0.15) is 31.2 Å². The Labute approximate surface area is 166 Å². The van der Waals surface area contributed by atoms with Crippen LogP contribution in [0.5, 0.6) is 0 Å². The standard InChI is InChI=1S/C20H18ClFN4O2/c21-14-6-10-16(11-7-14)23-20(27)26-12-2-1-3-17(26)19-24-18(25-28-19)13-4-8-15(22)9-5-13/h4-11,17H,1-3,12H2,(H,23,27). The number of piperidine rings is 1. The van der Waals surface area contributed by atoms with Gasteiger partial charge in [0.25, 0.3) is 0 Å². The van der Waals surface area contributed by atoms with Crippen LogP contribution >= 0.6 is 11.6 Å². The third-order valence-corrected chi connectivity index (χ3v) is 4.94. The number of urea groups is 1. The van der Waals surface area contributed by atoms with Crippen LogP contribution < -0.4 is 5.32 Å². The number of benzene rings is 2. The van der Waals surface area contributed by atoms with E-state index in [0.717, 1.165) is 19.3 Å². The van der Waals surface area contributed by atoms with Gasteiger partial charge in [0.05, 0.1) is 0 Å². The molecule has 0 spiro atoms. The number of carbonyl (C=O) groups is 1. The van der Waals surface area contributed by atoms with E-state index in [4.69, 9.17) is 16.1 Å². The van der Waals surface area contributed by atoms with Crippen molar-refractivity contribution in [3.8, 4) is 11.4 Å². The minimum absolute atomic E-state index is 0.228. The summed E-state index contributed by atoms with van der Waals surface area (Å²) >= 11 is 5.89. The number of amides is 2. The fourth-order valence-electron chi connectivity index (χ4n) is 3.25. The van der Waals surface area contributed by atoms with Gasteiger partial charge in [0.2, 0.25) is 11.7 Å². The van der Waals surface area contributed by atoms with Gasteiger partial charge in [-0.05, 0) is 67.8 Å². The number of carbonyl (C=O) groups excluding carboxylic acids is 1. The summed E-state index contributed by atoms with van der Waals surface area (Å²) in [6.45, 7) is 0.596. The largest absolute Gasteiger partial charge is 0.337 e. The molecule has 0 saturated carbocycles. The SMILES string of the molecule is O=C(Nc1ccc(Cl)cc1)N1CCCCC1c1nc(-c2ccc(F)cc2)no1. The summed E-state index contributed by atoms with van der Waals surface area (Å²) in [5.74, 6) is 0.425. The van der Waals surface area contributed by atoms with E-state index in [9.17, 15) is 9.18 Å². The van der Waals surface area contributed by atoms with E-state index < -0.39 is 0 Å². The maximum Gasteiger partial charge on any atom is 0.322 e. The van der Waals surface area contributed by atoms with Crippen molar-refractivity contribution in [2.75, 3.05) is 11.9 Å². The van der Waals surface area contributed by atoms with Crippen molar-refractivity contribution in [3.63, 3.8) is 0 Å². The van der Waals surface area contributed by atoms with E-state index in [1.165, 1.54) is 12.1 Å². The van der Waals surface area contributed by atoms with Crippen LogP contribution in [0.15, 0.2) is 53.1 Å². The minimum atomic E-state index is -0.329. The van der Waals surface area contributed by atoms with Crippen LogP contribution in [0, 0.1) is 5.82 Å². The van der Waals surface area contributed by atoms with Crippen molar-refractivity contribution in [1.29, 1.82) is 0 Å². The first-order chi connectivity index (χ1) is 13.6. The van der Waals surface area contributed by atoms with Gasteiger partial charge in [0, 0.05) is 22.8 Å². The normalized spacial score (nSPS) is 16.8. The van der Waals surface area contributed by atoms with Crippen molar-refractivity contribution in [2.45, 2.75) is 25.3 Å². The van der Waals surface area contributed by atoms with Crippen LogP contribution in [0.2, 0.25) is 5.02 Å². The zero-order valence-electron chi connectivity index (χ0n) is 14.9. The van der Waals surface area contributed by atoms with Gasteiger partial charge < -0.3 is 14.7 Å². The number of anilines is 1. The third-order valence-electron chi connectivity index (χ3n) is 4.69. The summed E-state index contributed by atoms with van der Waals surface area (Å²) in [5, 5.41) is 7.48. The van der Waals surface area contributed by atoms with E-state index in [0.29, 0.717) is 34.5 Å². The summed E-state index contributed by atoms with van der Waals surface area (Å²) in [4.78, 5) is 19.0. The first kappa shape index (κ1) is 18.4. The average molecular weight is 401 g/mol. The van der Waals surface area contributed by atoms with Gasteiger partial charge in [-0.25, -0.2) is 9.18 Å². The zero-order valence-corrected chi connectivity index (χ0v) is 15.7. The number of aromatic nitrogens is 2. The van der Waals surface area contributed by atoms with Crippen LogP contribution in [0.3, 0.4) is 0 Å². The second-order valence-corrected chi connectivity index (χ2v) is 7.04. The summed E-state index contributed by atoms with van der Waals surface area (Å²) in [7, 11) is 0. The molecule has 1 N–H and O–H groups in total. The Morgan fingerprint density at radius 2 is 1.89 bits per heavy atom. The molecule has 2 aromatic carbocycles. The summed E-state index contributed by atoms with van der Waals surface area (Å²) in [6, 6.07) is 12.3. The Morgan fingerprint density at radius 3 is 2.64 bits per heavy atom. The molecule has 2 amide bonds. The van der Waals surface area contributed by atoms with Crippen LogP contribution in [-0.4, -0.2) is 27.6 Å². The predicted octanol–water partition coefficient (Wildman–Crippen LogP) is 5.29. The molecule has 1 saturated heterocycles. The fourth-order valence-corrected chi connectivity index (χ4v) is 3.37. The van der Waals surface area contributed by atoms with Gasteiger partial charge >= 0.3 is 6.03 Å². The second kappa shape index (κ2) is 7.98. The van der Waals surface area contributed by atoms with Crippen molar-refractivity contribution in [3.05, 3.63) is 65.3 Å². The smallest absolute Gasteiger partial charge is 0.322 e. The van der Waals surface area contributed by atoms with Gasteiger partial charge in [-0.15, -0.1) is 0 Å². The van der Waals surface area contributed by atoms with Crippen molar-refractivity contribution in [1.82, 2.24) is 15.0 Å². The van der Waals surface area contributed by atoms with E-state index in [1.807, 2.05) is 0 Å². The zero-order chi connectivity index (χ0) is 19.5. The van der Waals surface area contributed by atoms with Crippen molar-refractivity contribution in [2.24, 2.45) is 0 Å². The molecule has 0 aliphatic carbocycles. The molecule has 1 aliphatic rings. The van der Waals surface area contributed by atoms with E-state index >= 15 is 0 Å².